The number of hydrogen-bond donors (Lipinski definition) is 1. The minimum absolute atomic E-state index is 0.361. The molecule has 0 rings (SSSR count). The van der Waals surface area contributed by atoms with E-state index in [1.165, 1.54) is 0 Å². The van der Waals surface area contributed by atoms with Crippen LogP contribution < -0.4 is 0 Å². The lowest BCUT2D eigenvalue weighted by Crippen LogP contribution is -2.09. The van der Waals surface area contributed by atoms with Gasteiger partial charge in [-0.25, -0.2) is 4.57 Å². The second-order valence-corrected chi connectivity index (χ2v) is 4.16. The Balaban J connectivity index is 3.94. The number of hydrogen-bond acceptors (Lipinski definition) is 3. The Bertz CT molecular complexity index is 168. The van der Waals surface area contributed by atoms with Gasteiger partial charge < -0.3 is 9.42 Å². The van der Waals surface area contributed by atoms with Gasteiger partial charge in [-0.05, 0) is 0 Å². The monoisotopic (exact) mass is 166 g/mol. The van der Waals surface area contributed by atoms with Gasteiger partial charge in [0.2, 0.25) is 0 Å². The van der Waals surface area contributed by atoms with Crippen LogP contribution in [0.1, 0.15) is 13.8 Å². The van der Waals surface area contributed by atoms with Gasteiger partial charge in [0.15, 0.2) is 0 Å². The molecule has 0 aliphatic rings. The molecule has 0 aromatic carbocycles. The largest absolute Gasteiger partial charge is 0.392 e. The fourth-order valence-corrected chi connectivity index (χ4v) is 0.817. The molecule has 0 saturated heterocycles. The van der Waals surface area contributed by atoms with Gasteiger partial charge in [-0.15, -0.1) is 0 Å². The molecule has 10 heavy (non-hydrogen) atoms. The van der Waals surface area contributed by atoms with Crippen molar-refractivity contribution in [3.05, 3.63) is 0 Å². The molecule has 4 nitrogen and oxygen atoms in total. The second kappa shape index (κ2) is 3.17. The average molecular weight is 166 g/mol. The number of carbonyl (C=O) groups excluding carboxylic acids is 1. The van der Waals surface area contributed by atoms with E-state index in [0.717, 1.165) is 6.66 Å². The summed E-state index contributed by atoms with van der Waals surface area (Å²) in [5.74, 6) is -1.01. The van der Waals surface area contributed by atoms with E-state index in [9.17, 15) is 9.36 Å². The van der Waals surface area contributed by atoms with Crippen LogP contribution in [0, 0.1) is 5.92 Å². The molecule has 0 aliphatic heterocycles. The summed E-state index contributed by atoms with van der Waals surface area (Å²) in [6, 6.07) is 0. The van der Waals surface area contributed by atoms with Crippen LogP contribution in [-0.2, 0) is 13.9 Å². The first kappa shape index (κ1) is 9.66. The normalized spacial score (nSPS) is 16.5. The van der Waals surface area contributed by atoms with Gasteiger partial charge in [-0.2, -0.15) is 0 Å². The molecular weight excluding hydrogens is 155 g/mol. The summed E-state index contributed by atoms with van der Waals surface area (Å²) in [5.41, 5.74) is 0. The van der Waals surface area contributed by atoms with Crippen LogP contribution in [-0.4, -0.2) is 17.5 Å². The Morgan fingerprint density at radius 1 is 1.60 bits per heavy atom. The Morgan fingerprint density at radius 2 is 2.00 bits per heavy atom. The van der Waals surface area contributed by atoms with Gasteiger partial charge in [0.25, 0.3) is 0 Å². The first-order chi connectivity index (χ1) is 4.33. The molecule has 1 unspecified atom stereocenters. The van der Waals surface area contributed by atoms with Crippen molar-refractivity contribution in [3.8, 4) is 0 Å². The number of carbonyl (C=O) groups is 1. The lowest BCUT2D eigenvalue weighted by molar-refractivity contribution is -0.138. The molecule has 0 radical (unpaired) electrons. The zero-order chi connectivity index (χ0) is 8.36. The molecule has 0 amide bonds. The highest BCUT2D eigenvalue weighted by Crippen LogP contribution is 2.37. The Kier molecular flexibility index (Phi) is 3.06. The molecule has 0 aliphatic carbocycles. The van der Waals surface area contributed by atoms with E-state index in [1.807, 2.05) is 0 Å². The standard InChI is InChI=1S/C5H11O4P/c1-4(2)5(6)9-10(3,7)8/h4H,1-3H3,(H,7,8). The van der Waals surface area contributed by atoms with Crippen LogP contribution in [0.25, 0.3) is 0 Å². The molecule has 0 spiro atoms. The predicted octanol–water partition coefficient (Wildman–Crippen LogP) is 1.00. The maximum Gasteiger partial charge on any atom is 0.375 e. The lowest BCUT2D eigenvalue weighted by atomic mass is 10.2. The van der Waals surface area contributed by atoms with E-state index in [1.54, 1.807) is 13.8 Å². The molecule has 0 aromatic rings. The molecule has 0 bridgehead atoms. The maximum absolute atomic E-state index is 10.6. The summed E-state index contributed by atoms with van der Waals surface area (Å²) in [6.07, 6.45) is 0. The van der Waals surface area contributed by atoms with Gasteiger partial charge in [-0.1, -0.05) is 13.8 Å². The second-order valence-electron chi connectivity index (χ2n) is 2.37. The van der Waals surface area contributed by atoms with Gasteiger partial charge in [0.1, 0.15) is 0 Å². The first-order valence-electron chi connectivity index (χ1n) is 2.86. The summed E-state index contributed by atoms with van der Waals surface area (Å²) in [7, 11) is -3.63. The summed E-state index contributed by atoms with van der Waals surface area (Å²) < 4.78 is 14.6. The average Bonchev–Trinajstić information content (AvgIpc) is 1.60. The molecule has 5 heteroatoms. The van der Waals surface area contributed by atoms with Crippen LogP contribution >= 0.6 is 7.60 Å². The van der Waals surface area contributed by atoms with Gasteiger partial charge >= 0.3 is 13.6 Å². The smallest absolute Gasteiger partial charge is 0.375 e. The zero-order valence-electron chi connectivity index (χ0n) is 6.20. The summed E-state index contributed by atoms with van der Waals surface area (Å²) in [6.45, 7) is 4.17. The third kappa shape index (κ3) is 4.53. The lowest BCUT2D eigenvalue weighted by Gasteiger charge is -2.07. The Hall–Kier alpha value is -0.340. The quantitative estimate of drug-likeness (QED) is 0.621. The van der Waals surface area contributed by atoms with E-state index in [0.29, 0.717) is 0 Å². The van der Waals surface area contributed by atoms with E-state index in [-0.39, 0.29) is 5.92 Å². The van der Waals surface area contributed by atoms with Gasteiger partial charge in [-0.3, -0.25) is 4.79 Å². The minimum Gasteiger partial charge on any atom is -0.392 e. The van der Waals surface area contributed by atoms with E-state index in [2.05, 4.69) is 4.52 Å². The van der Waals surface area contributed by atoms with Crippen molar-refractivity contribution in [2.45, 2.75) is 13.8 Å². The molecule has 0 aromatic heterocycles. The molecule has 60 valence electrons. The zero-order valence-corrected chi connectivity index (χ0v) is 7.09. The third-order valence-corrected chi connectivity index (χ3v) is 1.25. The molecule has 1 N–H and O–H groups in total. The van der Waals surface area contributed by atoms with Crippen LogP contribution in [0.2, 0.25) is 0 Å². The van der Waals surface area contributed by atoms with Gasteiger partial charge in [0, 0.05) is 6.66 Å². The van der Waals surface area contributed by atoms with E-state index < -0.39 is 13.6 Å². The first-order valence-corrected chi connectivity index (χ1v) is 4.89. The molecule has 0 fully saturated rings. The van der Waals surface area contributed by atoms with Gasteiger partial charge in [0.05, 0.1) is 5.92 Å². The van der Waals surface area contributed by atoms with Crippen molar-refractivity contribution in [1.29, 1.82) is 0 Å². The summed E-state index contributed by atoms with van der Waals surface area (Å²) in [4.78, 5) is 19.2. The van der Waals surface area contributed by atoms with Crippen molar-refractivity contribution in [2.24, 2.45) is 5.92 Å². The molecular formula is C5H11O4P. The SMILES string of the molecule is CC(C)C(=O)OP(C)(=O)O. The van der Waals surface area contributed by atoms with Crippen LogP contribution in [0.3, 0.4) is 0 Å². The summed E-state index contributed by atoms with van der Waals surface area (Å²) in [5, 5.41) is 0. The molecule has 1 atom stereocenters. The highest BCUT2D eigenvalue weighted by Gasteiger charge is 2.18. The van der Waals surface area contributed by atoms with Crippen LogP contribution in [0.5, 0.6) is 0 Å². The van der Waals surface area contributed by atoms with E-state index in [4.69, 9.17) is 4.89 Å². The Labute approximate surface area is 59.7 Å². The summed E-state index contributed by atoms with van der Waals surface area (Å²) >= 11 is 0. The fourth-order valence-electron chi connectivity index (χ4n) is 0.272. The van der Waals surface area contributed by atoms with E-state index >= 15 is 0 Å². The van der Waals surface area contributed by atoms with Crippen molar-refractivity contribution in [3.63, 3.8) is 0 Å². The Morgan fingerprint density at radius 3 is 2.10 bits per heavy atom. The minimum atomic E-state index is -3.63. The van der Waals surface area contributed by atoms with Crippen molar-refractivity contribution in [1.82, 2.24) is 0 Å². The predicted molar refractivity (Wildman–Crippen MR) is 36.7 cm³/mol. The molecule has 0 heterocycles. The molecule has 0 saturated carbocycles. The number of rotatable bonds is 2. The van der Waals surface area contributed by atoms with Crippen molar-refractivity contribution < 1.29 is 18.8 Å². The fraction of sp³-hybridized carbons (Fsp3) is 0.800. The third-order valence-electron chi connectivity index (χ3n) is 0.731. The highest BCUT2D eigenvalue weighted by atomic mass is 31.2. The topological polar surface area (TPSA) is 63.6 Å². The van der Waals surface area contributed by atoms with Crippen molar-refractivity contribution in [2.75, 3.05) is 6.66 Å². The van der Waals surface area contributed by atoms with Crippen LogP contribution in [0.15, 0.2) is 0 Å². The highest BCUT2D eigenvalue weighted by molar-refractivity contribution is 7.52. The maximum atomic E-state index is 10.6. The van der Waals surface area contributed by atoms with Crippen LogP contribution in [0.4, 0.5) is 0 Å². The van der Waals surface area contributed by atoms with Crippen molar-refractivity contribution >= 4 is 13.6 Å².